The van der Waals surface area contributed by atoms with Crippen LogP contribution in [0.5, 0.6) is 0 Å². The molecule has 0 fully saturated rings. The summed E-state index contributed by atoms with van der Waals surface area (Å²) in [6.07, 6.45) is 0.988. The highest BCUT2D eigenvalue weighted by molar-refractivity contribution is 7.85. The maximum Gasteiger partial charge on any atom is 0.373 e. The van der Waals surface area contributed by atoms with E-state index in [9.17, 15) is 8.42 Å². The summed E-state index contributed by atoms with van der Waals surface area (Å²) in [4.78, 5) is 0. The van der Waals surface area contributed by atoms with Crippen LogP contribution in [-0.2, 0) is 14.3 Å². The maximum absolute atomic E-state index is 10.5. The van der Waals surface area contributed by atoms with Gasteiger partial charge in [0.15, 0.2) is 0 Å². The first-order chi connectivity index (χ1) is 5.31. The molecule has 0 aromatic carbocycles. The lowest BCUT2D eigenvalue weighted by Gasteiger charge is -2.12. The Morgan fingerprint density at radius 3 is 2.50 bits per heavy atom. The highest BCUT2D eigenvalue weighted by Gasteiger charge is 2.10. The Labute approximate surface area is 73.4 Å². The van der Waals surface area contributed by atoms with Crippen molar-refractivity contribution in [3.63, 3.8) is 0 Å². The first-order valence-electron chi connectivity index (χ1n) is 3.60. The van der Waals surface area contributed by atoms with E-state index >= 15 is 0 Å². The summed E-state index contributed by atoms with van der Waals surface area (Å²) < 4.78 is 25.5. The first kappa shape index (κ1) is 11.9. The van der Waals surface area contributed by atoms with Crippen LogP contribution in [0.4, 0.5) is 0 Å². The van der Waals surface area contributed by atoms with Gasteiger partial charge in [0.1, 0.15) is 0 Å². The molecule has 5 nitrogen and oxygen atoms in total. The van der Waals surface area contributed by atoms with Gasteiger partial charge in [-0.25, -0.2) is 0 Å². The molecule has 0 aromatic rings. The summed E-state index contributed by atoms with van der Waals surface area (Å²) in [5.74, 6) is 0. The molecule has 0 aliphatic rings. The highest BCUT2D eigenvalue weighted by Crippen LogP contribution is 1.90. The Morgan fingerprint density at radius 2 is 2.17 bits per heavy atom. The Hall–Kier alpha value is -0.105. The number of hydrogen-bond donors (Lipinski definition) is 2. The standard InChI is InChI=1S/C5H14BNO4S/c1-5(7-6(2)8)4-11-12(3,9)10/h5,7-8H,4H2,1-3H3/t5-/m0/s1. The summed E-state index contributed by atoms with van der Waals surface area (Å²) in [5, 5.41) is 11.5. The fourth-order valence-electron chi connectivity index (χ4n) is 0.686. The van der Waals surface area contributed by atoms with Crippen LogP contribution in [-0.4, -0.2) is 39.4 Å². The van der Waals surface area contributed by atoms with Crippen LogP contribution in [0.2, 0.25) is 6.82 Å². The minimum atomic E-state index is -3.38. The average molecular weight is 195 g/mol. The van der Waals surface area contributed by atoms with Gasteiger partial charge in [-0.05, 0) is 13.7 Å². The van der Waals surface area contributed by atoms with Gasteiger partial charge in [0.2, 0.25) is 0 Å². The Kier molecular flexibility index (Phi) is 4.77. The third-order valence-corrected chi connectivity index (χ3v) is 1.62. The summed E-state index contributed by atoms with van der Waals surface area (Å²) in [7, 11) is -4.04. The topological polar surface area (TPSA) is 75.6 Å². The SMILES string of the molecule is CB(O)N[C@@H](C)COS(C)(=O)=O. The molecule has 0 amide bonds. The molecule has 0 heterocycles. The fraction of sp³-hybridized carbons (Fsp3) is 1.00. The summed E-state index contributed by atoms with van der Waals surface area (Å²) in [6, 6.07) is -0.195. The molecule has 0 aromatic heterocycles. The molecule has 7 heteroatoms. The molecule has 2 N–H and O–H groups in total. The predicted octanol–water partition coefficient (Wildman–Crippen LogP) is -0.949. The van der Waals surface area contributed by atoms with E-state index in [1.54, 1.807) is 13.7 Å². The van der Waals surface area contributed by atoms with E-state index in [4.69, 9.17) is 5.02 Å². The minimum Gasteiger partial charge on any atom is -0.437 e. The predicted molar refractivity (Wildman–Crippen MR) is 47.2 cm³/mol. The lowest BCUT2D eigenvalue weighted by molar-refractivity contribution is 0.290. The third-order valence-electron chi connectivity index (χ3n) is 1.06. The second-order valence-corrected chi connectivity index (χ2v) is 4.38. The molecule has 0 aliphatic carbocycles. The largest absolute Gasteiger partial charge is 0.437 e. The Morgan fingerprint density at radius 1 is 1.67 bits per heavy atom. The van der Waals surface area contributed by atoms with Crippen LogP contribution in [0.25, 0.3) is 0 Å². The molecule has 12 heavy (non-hydrogen) atoms. The van der Waals surface area contributed by atoms with Crippen LogP contribution in [0.15, 0.2) is 0 Å². The molecule has 0 radical (unpaired) electrons. The molecule has 0 saturated heterocycles. The molecular weight excluding hydrogens is 181 g/mol. The van der Waals surface area contributed by atoms with Crippen molar-refractivity contribution in [3.8, 4) is 0 Å². The lowest BCUT2D eigenvalue weighted by Crippen LogP contribution is -2.41. The van der Waals surface area contributed by atoms with E-state index in [0.717, 1.165) is 6.26 Å². The van der Waals surface area contributed by atoms with Crippen molar-refractivity contribution in [1.29, 1.82) is 0 Å². The summed E-state index contributed by atoms with van der Waals surface area (Å²) in [5.41, 5.74) is 0. The Bertz CT molecular complexity index is 215. The van der Waals surface area contributed by atoms with E-state index in [-0.39, 0.29) is 12.6 Å². The molecule has 1 atom stereocenters. The molecule has 0 bridgehead atoms. The zero-order chi connectivity index (χ0) is 9.78. The highest BCUT2D eigenvalue weighted by atomic mass is 32.2. The first-order valence-corrected chi connectivity index (χ1v) is 5.41. The van der Waals surface area contributed by atoms with Gasteiger partial charge < -0.3 is 10.3 Å². The van der Waals surface area contributed by atoms with Crippen molar-refractivity contribution in [2.24, 2.45) is 0 Å². The zero-order valence-corrected chi connectivity index (χ0v) is 8.26. The van der Waals surface area contributed by atoms with Crippen molar-refractivity contribution >= 4 is 17.2 Å². The fourth-order valence-corrected chi connectivity index (χ4v) is 1.14. The van der Waals surface area contributed by atoms with Gasteiger partial charge in [-0.1, -0.05) is 0 Å². The van der Waals surface area contributed by atoms with Crippen molar-refractivity contribution in [1.82, 2.24) is 5.23 Å². The summed E-state index contributed by atoms with van der Waals surface area (Å²) in [6.45, 7) is 3.30. The van der Waals surface area contributed by atoms with E-state index in [2.05, 4.69) is 9.41 Å². The molecule has 72 valence electrons. The second-order valence-electron chi connectivity index (χ2n) is 2.73. The summed E-state index contributed by atoms with van der Waals surface area (Å²) >= 11 is 0. The second kappa shape index (κ2) is 4.81. The van der Waals surface area contributed by atoms with Gasteiger partial charge in [-0.3, -0.25) is 4.18 Å². The Balaban J connectivity index is 3.65. The van der Waals surface area contributed by atoms with Gasteiger partial charge in [-0.15, -0.1) is 0 Å². The minimum absolute atomic E-state index is 0.0315. The quantitative estimate of drug-likeness (QED) is 0.437. The van der Waals surface area contributed by atoms with Crippen molar-refractivity contribution in [2.45, 2.75) is 19.8 Å². The number of nitrogens with one attached hydrogen (secondary N) is 1. The van der Waals surface area contributed by atoms with Gasteiger partial charge >= 0.3 is 7.05 Å². The van der Waals surface area contributed by atoms with Crippen LogP contribution in [0.3, 0.4) is 0 Å². The van der Waals surface area contributed by atoms with Gasteiger partial charge in [0.05, 0.1) is 12.9 Å². The monoisotopic (exact) mass is 195 g/mol. The van der Waals surface area contributed by atoms with Crippen molar-refractivity contribution < 1.29 is 17.6 Å². The average Bonchev–Trinajstić information content (AvgIpc) is 1.80. The van der Waals surface area contributed by atoms with Crippen LogP contribution >= 0.6 is 0 Å². The third kappa shape index (κ3) is 8.00. The van der Waals surface area contributed by atoms with Gasteiger partial charge in [0, 0.05) is 6.04 Å². The van der Waals surface area contributed by atoms with Crippen LogP contribution in [0.1, 0.15) is 6.92 Å². The lowest BCUT2D eigenvalue weighted by atomic mass is 9.88. The van der Waals surface area contributed by atoms with E-state index in [1.165, 1.54) is 0 Å². The van der Waals surface area contributed by atoms with Crippen LogP contribution in [0, 0.1) is 0 Å². The maximum atomic E-state index is 10.5. The van der Waals surface area contributed by atoms with Crippen molar-refractivity contribution in [3.05, 3.63) is 0 Å². The molecule has 0 spiro atoms. The number of rotatable bonds is 5. The van der Waals surface area contributed by atoms with Crippen molar-refractivity contribution in [2.75, 3.05) is 12.9 Å². The van der Waals surface area contributed by atoms with E-state index < -0.39 is 17.2 Å². The zero-order valence-electron chi connectivity index (χ0n) is 7.44. The molecule has 0 aliphatic heterocycles. The van der Waals surface area contributed by atoms with Gasteiger partial charge in [-0.2, -0.15) is 8.42 Å². The normalized spacial score (nSPS) is 14.3. The number of hydrogen-bond acceptors (Lipinski definition) is 5. The molecule has 0 unspecified atom stereocenters. The van der Waals surface area contributed by atoms with Gasteiger partial charge in [0.25, 0.3) is 10.1 Å². The molecule has 0 rings (SSSR count). The van der Waals surface area contributed by atoms with Crippen LogP contribution < -0.4 is 5.23 Å². The van der Waals surface area contributed by atoms with E-state index in [1.807, 2.05) is 0 Å². The molecular formula is C5H14BNO4S. The molecule has 0 saturated carbocycles. The smallest absolute Gasteiger partial charge is 0.373 e. The van der Waals surface area contributed by atoms with E-state index in [0.29, 0.717) is 0 Å².